The van der Waals surface area contributed by atoms with Gasteiger partial charge in [0.25, 0.3) is 0 Å². The summed E-state index contributed by atoms with van der Waals surface area (Å²) in [6.45, 7) is 0. The lowest BCUT2D eigenvalue weighted by Crippen LogP contribution is -1.83. The van der Waals surface area contributed by atoms with E-state index >= 15 is 0 Å². The highest BCUT2D eigenvalue weighted by Crippen LogP contribution is 2.31. The van der Waals surface area contributed by atoms with Gasteiger partial charge in [0.05, 0.1) is 0 Å². The normalized spacial score (nSPS) is 10.1. The number of aromatic nitrogens is 1. The van der Waals surface area contributed by atoms with E-state index < -0.39 is 0 Å². The number of pyridine rings is 1. The van der Waals surface area contributed by atoms with Crippen LogP contribution in [-0.2, 0) is 0 Å². The lowest BCUT2D eigenvalue weighted by atomic mass is 10.1. The van der Waals surface area contributed by atoms with Crippen molar-refractivity contribution in [3.63, 3.8) is 0 Å². The Labute approximate surface area is 105 Å². The van der Waals surface area contributed by atoms with Crippen LogP contribution in [0.3, 0.4) is 0 Å². The molecular weight excluding hydrogens is 353 g/mol. The van der Waals surface area contributed by atoms with E-state index in [1.54, 1.807) is 6.20 Å². The molecule has 14 heavy (non-hydrogen) atoms. The van der Waals surface area contributed by atoms with Gasteiger partial charge in [0.1, 0.15) is 0 Å². The van der Waals surface area contributed by atoms with Crippen LogP contribution in [0.4, 0.5) is 0 Å². The molecule has 0 aliphatic rings. The number of halogens is 2. The van der Waals surface area contributed by atoms with E-state index in [1.165, 1.54) is 9.13 Å². The molecular formula is C11H7BrIN. The summed E-state index contributed by atoms with van der Waals surface area (Å²) in [5, 5.41) is 0. The van der Waals surface area contributed by atoms with Crippen molar-refractivity contribution in [2.45, 2.75) is 0 Å². The highest BCUT2D eigenvalue weighted by atomic mass is 127. The molecule has 2 aromatic rings. The zero-order chi connectivity index (χ0) is 9.97. The highest BCUT2D eigenvalue weighted by Gasteiger charge is 2.04. The third-order valence-electron chi connectivity index (χ3n) is 1.92. The van der Waals surface area contributed by atoms with Gasteiger partial charge in [0, 0.05) is 26.0 Å². The minimum atomic E-state index is 1.13. The smallest absolute Gasteiger partial charge is 0.0387 e. The minimum absolute atomic E-state index is 1.13. The van der Waals surface area contributed by atoms with Gasteiger partial charge in [-0.1, -0.05) is 18.2 Å². The fraction of sp³-hybridized carbons (Fsp3) is 0. The van der Waals surface area contributed by atoms with Crippen LogP contribution in [-0.4, -0.2) is 4.98 Å². The van der Waals surface area contributed by atoms with Crippen molar-refractivity contribution in [1.29, 1.82) is 0 Å². The zero-order valence-electron chi connectivity index (χ0n) is 7.24. The van der Waals surface area contributed by atoms with E-state index in [9.17, 15) is 0 Å². The van der Waals surface area contributed by atoms with Gasteiger partial charge >= 0.3 is 0 Å². The van der Waals surface area contributed by atoms with Crippen LogP contribution in [0.2, 0.25) is 0 Å². The van der Waals surface area contributed by atoms with Crippen molar-refractivity contribution in [2.75, 3.05) is 0 Å². The summed E-state index contributed by atoms with van der Waals surface area (Å²) in [5.41, 5.74) is 2.32. The summed E-state index contributed by atoms with van der Waals surface area (Å²) < 4.78 is 2.34. The Kier molecular flexibility index (Phi) is 3.18. The van der Waals surface area contributed by atoms with Crippen LogP contribution in [0.5, 0.6) is 0 Å². The molecule has 0 atom stereocenters. The van der Waals surface area contributed by atoms with Crippen LogP contribution in [0, 0.1) is 3.57 Å². The van der Waals surface area contributed by atoms with Crippen LogP contribution < -0.4 is 0 Å². The van der Waals surface area contributed by atoms with Gasteiger partial charge in [0.2, 0.25) is 0 Å². The summed E-state index contributed by atoms with van der Waals surface area (Å²) in [4.78, 5) is 4.11. The minimum Gasteiger partial charge on any atom is -0.264 e. The Morgan fingerprint density at radius 3 is 2.71 bits per heavy atom. The molecule has 0 aliphatic heterocycles. The van der Waals surface area contributed by atoms with E-state index in [-0.39, 0.29) is 0 Å². The third-order valence-corrected chi connectivity index (χ3v) is 4.42. The molecule has 3 heteroatoms. The maximum absolute atomic E-state index is 4.11. The topological polar surface area (TPSA) is 12.9 Å². The number of rotatable bonds is 1. The summed E-state index contributed by atoms with van der Waals surface area (Å²) in [6, 6.07) is 10.2. The molecule has 0 bridgehead atoms. The van der Waals surface area contributed by atoms with Crippen LogP contribution in [0.25, 0.3) is 11.1 Å². The van der Waals surface area contributed by atoms with Gasteiger partial charge in [-0.3, -0.25) is 4.98 Å². The molecule has 2 rings (SSSR count). The van der Waals surface area contributed by atoms with Gasteiger partial charge in [-0.25, -0.2) is 0 Å². The predicted octanol–water partition coefficient (Wildman–Crippen LogP) is 4.12. The first-order valence-corrected chi connectivity index (χ1v) is 6.00. The maximum Gasteiger partial charge on any atom is 0.0387 e. The maximum atomic E-state index is 4.11. The van der Waals surface area contributed by atoms with Crippen molar-refractivity contribution in [2.24, 2.45) is 0 Å². The first kappa shape index (κ1) is 10.1. The Bertz CT molecular complexity index is 442. The second kappa shape index (κ2) is 4.40. The number of nitrogens with zero attached hydrogens (tertiary/aromatic N) is 1. The molecule has 0 fully saturated rings. The van der Waals surface area contributed by atoms with Gasteiger partial charge in [-0.05, 0) is 56.2 Å². The molecule has 0 aliphatic carbocycles. The zero-order valence-corrected chi connectivity index (χ0v) is 11.0. The van der Waals surface area contributed by atoms with E-state index in [0.29, 0.717) is 0 Å². The van der Waals surface area contributed by atoms with Crippen LogP contribution >= 0.6 is 38.5 Å². The van der Waals surface area contributed by atoms with Gasteiger partial charge in [0.15, 0.2) is 0 Å². The average molecular weight is 360 g/mol. The molecule has 0 radical (unpaired) electrons. The molecule has 1 aromatic carbocycles. The van der Waals surface area contributed by atoms with Crippen molar-refractivity contribution in [3.05, 3.63) is 50.8 Å². The van der Waals surface area contributed by atoms with E-state index in [1.807, 2.05) is 12.3 Å². The van der Waals surface area contributed by atoms with E-state index in [4.69, 9.17) is 0 Å². The lowest BCUT2D eigenvalue weighted by Gasteiger charge is -2.05. The van der Waals surface area contributed by atoms with Gasteiger partial charge in [-0.15, -0.1) is 0 Å². The Hall–Kier alpha value is -0.420. The molecule has 1 nitrogen and oxygen atoms in total. The highest BCUT2D eigenvalue weighted by molar-refractivity contribution is 14.1. The van der Waals surface area contributed by atoms with Gasteiger partial charge in [-0.2, -0.15) is 0 Å². The summed E-state index contributed by atoms with van der Waals surface area (Å²) in [6.07, 6.45) is 3.65. The Morgan fingerprint density at radius 1 is 1.14 bits per heavy atom. The fourth-order valence-corrected chi connectivity index (χ4v) is 2.24. The largest absolute Gasteiger partial charge is 0.264 e. The molecule has 1 heterocycles. The molecule has 0 saturated heterocycles. The van der Waals surface area contributed by atoms with Crippen molar-refractivity contribution < 1.29 is 0 Å². The second-order valence-corrected chi connectivity index (χ2v) is 4.80. The number of benzene rings is 1. The second-order valence-electron chi connectivity index (χ2n) is 2.84. The van der Waals surface area contributed by atoms with Crippen molar-refractivity contribution in [3.8, 4) is 11.1 Å². The monoisotopic (exact) mass is 359 g/mol. The SMILES string of the molecule is Brc1c(I)cccc1-c1cccnc1. The van der Waals surface area contributed by atoms with Gasteiger partial charge < -0.3 is 0 Å². The predicted molar refractivity (Wildman–Crippen MR) is 70.1 cm³/mol. The molecule has 70 valence electrons. The first-order chi connectivity index (χ1) is 6.79. The van der Waals surface area contributed by atoms with Crippen LogP contribution in [0.1, 0.15) is 0 Å². The Balaban J connectivity index is 2.58. The lowest BCUT2D eigenvalue weighted by molar-refractivity contribution is 1.33. The first-order valence-electron chi connectivity index (χ1n) is 4.13. The quantitative estimate of drug-likeness (QED) is 0.698. The van der Waals surface area contributed by atoms with E-state index in [0.717, 1.165) is 10.0 Å². The van der Waals surface area contributed by atoms with Crippen LogP contribution in [0.15, 0.2) is 47.2 Å². The fourth-order valence-electron chi connectivity index (χ4n) is 1.25. The van der Waals surface area contributed by atoms with Crippen molar-refractivity contribution in [1.82, 2.24) is 4.98 Å². The molecule has 1 aromatic heterocycles. The Morgan fingerprint density at radius 2 is 2.00 bits per heavy atom. The standard InChI is InChI=1S/C11H7BrIN/c12-11-9(4-1-5-10(11)13)8-3-2-6-14-7-8/h1-7H. The molecule has 0 spiro atoms. The molecule has 0 amide bonds. The van der Waals surface area contributed by atoms with Crippen molar-refractivity contribution >= 4 is 38.5 Å². The third kappa shape index (κ3) is 1.98. The average Bonchev–Trinajstić information content (AvgIpc) is 2.23. The van der Waals surface area contributed by atoms with E-state index in [2.05, 4.69) is 67.8 Å². The number of hydrogen-bond donors (Lipinski definition) is 0. The molecule has 0 unspecified atom stereocenters. The number of hydrogen-bond acceptors (Lipinski definition) is 1. The summed E-state index contributed by atoms with van der Waals surface area (Å²) in [7, 11) is 0. The summed E-state index contributed by atoms with van der Waals surface area (Å²) >= 11 is 5.89. The molecule has 0 N–H and O–H groups in total. The summed E-state index contributed by atoms with van der Waals surface area (Å²) in [5.74, 6) is 0. The molecule has 0 saturated carbocycles.